The van der Waals surface area contributed by atoms with Crippen molar-refractivity contribution in [2.45, 2.75) is 31.9 Å². The number of benzene rings is 1. The second-order valence-electron chi connectivity index (χ2n) is 6.71. The molecule has 2 N–H and O–H groups in total. The summed E-state index contributed by atoms with van der Waals surface area (Å²) in [6.45, 7) is 4.13. The number of carbonyl (C=O) groups is 4. The van der Waals surface area contributed by atoms with Gasteiger partial charge in [0.05, 0.1) is 24.8 Å². The molecule has 0 aromatic heterocycles. The average Bonchev–Trinajstić information content (AvgIpc) is 2.77. The quantitative estimate of drug-likeness (QED) is 0.478. The van der Waals surface area contributed by atoms with E-state index in [9.17, 15) is 19.2 Å². The van der Waals surface area contributed by atoms with E-state index in [1.54, 1.807) is 32.9 Å². The molecule has 25 heavy (non-hydrogen) atoms. The molecule has 8 heteroatoms. The number of ether oxygens (including phenoxy) is 2. The molecule has 2 rings (SSSR count). The molecule has 1 aromatic rings. The molecule has 1 unspecified atom stereocenters. The van der Waals surface area contributed by atoms with Gasteiger partial charge in [0.25, 0.3) is 11.8 Å². The van der Waals surface area contributed by atoms with Crippen LogP contribution in [0, 0.1) is 0 Å². The van der Waals surface area contributed by atoms with Crippen molar-refractivity contribution in [3.63, 3.8) is 0 Å². The number of hydrogen-bond donors (Lipinski definition) is 1. The van der Waals surface area contributed by atoms with E-state index in [4.69, 9.17) is 10.5 Å². The normalized spacial score (nSPS) is 16.3. The minimum atomic E-state index is -2.32. The highest BCUT2D eigenvalue weighted by Gasteiger charge is 2.51. The highest BCUT2D eigenvalue weighted by molar-refractivity contribution is 6.22. The number of fused-ring (bicyclic) bond motifs is 1. The number of imide groups is 1. The maximum atomic E-state index is 12.5. The minimum absolute atomic E-state index is 0.184. The van der Waals surface area contributed by atoms with Gasteiger partial charge in [-0.25, -0.2) is 9.59 Å². The van der Waals surface area contributed by atoms with Crippen molar-refractivity contribution >= 4 is 23.8 Å². The van der Waals surface area contributed by atoms with Crippen LogP contribution in [0.4, 0.5) is 0 Å². The summed E-state index contributed by atoms with van der Waals surface area (Å²) in [5.74, 6) is -3.45. The Kier molecular flexibility index (Phi) is 4.68. The molecule has 8 nitrogen and oxygen atoms in total. The van der Waals surface area contributed by atoms with Crippen LogP contribution in [0.2, 0.25) is 0 Å². The van der Waals surface area contributed by atoms with Gasteiger partial charge in [0.2, 0.25) is 5.54 Å². The monoisotopic (exact) mass is 348 g/mol. The van der Waals surface area contributed by atoms with E-state index in [1.165, 1.54) is 12.1 Å². The Morgan fingerprint density at radius 1 is 1.04 bits per heavy atom. The molecule has 0 fully saturated rings. The van der Waals surface area contributed by atoms with E-state index in [0.717, 1.165) is 12.0 Å². The van der Waals surface area contributed by atoms with E-state index in [1.807, 2.05) is 0 Å². The molecule has 0 bridgehead atoms. The van der Waals surface area contributed by atoms with Crippen LogP contribution >= 0.6 is 0 Å². The summed E-state index contributed by atoms with van der Waals surface area (Å²) >= 11 is 0. The van der Waals surface area contributed by atoms with Crippen LogP contribution in [0.5, 0.6) is 0 Å². The van der Waals surface area contributed by atoms with Crippen molar-refractivity contribution in [3.05, 3.63) is 35.4 Å². The Hall–Kier alpha value is -2.74. The Morgan fingerprint density at radius 3 is 1.92 bits per heavy atom. The lowest BCUT2D eigenvalue weighted by Gasteiger charge is -2.31. The van der Waals surface area contributed by atoms with E-state index >= 15 is 0 Å². The van der Waals surface area contributed by atoms with Gasteiger partial charge in [0.15, 0.2) is 0 Å². The second kappa shape index (κ2) is 6.29. The first-order chi connectivity index (χ1) is 11.5. The Balaban J connectivity index is 2.36. The highest BCUT2D eigenvalue weighted by Crippen LogP contribution is 2.25. The minimum Gasteiger partial charge on any atom is -0.467 e. The lowest BCUT2D eigenvalue weighted by Crippen LogP contribution is -2.64. The molecule has 0 saturated carbocycles. The van der Waals surface area contributed by atoms with Crippen LogP contribution in [0.1, 0.15) is 41.5 Å². The fraction of sp³-hybridized carbons (Fsp3) is 0.412. The first kappa shape index (κ1) is 18.6. The summed E-state index contributed by atoms with van der Waals surface area (Å²) in [7, 11) is 1.05. The van der Waals surface area contributed by atoms with E-state index in [0.29, 0.717) is 0 Å². The number of methoxy groups -OCH3 is 1. The molecule has 0 spiro atoms. The zero-order valence-electron chi connectivity index (χ0n) is 14.5. The molecule has 0 saturated heterocycles. The second-order valence-corrected chi connectivity index (χ2v) is 6.71. The van der Waals surface area contributed by atoms with E-state index < -0.39 is 41.4 Å². The lowest BCUT2D eigenvalue weighted by atomic mass is 9.99. The Bertz CT molecular complexity index is 717. The van der Waals surface area contributed by atoms with Gasteiger partial charge in [0, 0.05) is 0 Å². The van der Waals surface area contributed by atoms with Gasteiger partial charge < -0.3 is 15.2 Å². The predicted molar refractivity (Wildman–Crippen MR) is 86.6 cm³/mol. The number of nitrogens with two attached hydrogens (primary N) is 1. The summed E-state index contributed by atoms with van der Waals surface area (Å²) in [6, 6.07) is 6.19. The first-order valence-corrected chi connectivity index (χ1v) is 7.57. The number of amides is 2. The molecule has 1 aliphatic rings. The smallest absolute Gasteiger partial charge is 0.340 e. The topological polar surface area (TPSA) is 116 Å². The maximum Gasteiger partial charge on any atom is 0.340 e. The third kappa shape index (κ3) is 3.39. The number of nitrogens with zero attached hydrogens (tertiary/aromatic N) is 1. The van der Waals surface area contributed by atoms with E-state index in [2.05, 4.69) is 4.74 Å². The third-order valence-electron chi connectivity index (χ3n) is 3.60. The van der Waals surface area contributed by atoms with Gasteiger partial charge >= 0.3 is 11.9 Å². The van der Waals surface area contributed by atoms with Crippen LogP contribution in [-0.2, 0) is 19.1 Å². The van der Waals surface area contributed by atoms with Crippen molar-refractivity contribution in [2.24, 2.45) is 5.73 Å². The summed E-state index contributed by atoms with van der Waals surface area (Å²) < 4.78 is 9.76. The standard InChI is InChI=1S/C17H20N2O6/c1-16(2,3)25-15(23)17(18,14(22)24-4)9-19-12(20)10-7-5-6-8-11(10)13(19)21/h5-8H,9,18H2,1-4H3. The molecule has 1 aliphatic heterocycles. The third-order valence-corrected chi connectivity index (χ3v) is 3.60. The highest BCUT2D eigenvalue weighted by atomic mass is 16.6. The van der Waals surface area contributed by atoms with Gasteiger partial charge in [-0.05, 0) is 32.9 Å². The zero-order chi connectivity index (χ0) is 19.0. The Morgan fingerprint density at radius 2 is 1.52 bits per heavy atom. The molecule has 0 aliphatic carbocycles. The lowest BCUT2D eigenvalue weighted by molar-refractivity contribution is -0.170. The van der Waals surface area contributed by atoms with Crippen LogP contribution in [0.3, 0.4) is 0 Å². The first-order valence-electron chi connectivity index (χ1n) is 7.57. The van der Waals surface area contributed by atoms with Gasteiger partial charge in [-0.1, -0.05) is 12.1 Å². The predicted octanol–water partition coefficient (Wildman–Crippen LogP) is 0.495. The molecule has 2 amide bonds. The number of hydrogen-bond acceptors (Lipinski definition) is 7. The average molecular weight is 348 g/mol. The van der Waals surface area contributed by atoms with Gasteiger partial charge in [-0.15, -0.1) is 0 Å². The molecular weight excluding hydrogens is 328 g/mol. The van der Waals surface area contributed by atoms with Crippen molar-refractivity contribution in [3.8, 4) is 0 Å². The molecule has 0 radical (unpaired) electrons. The van der Waals surface area contributed by atoms with Gasteiger partial charge in [-0.2, -0.15) is 0 Å². The number of esters is 2. The van der Waals surface area contributed by atoms with Crippen molar-refractivity contribution in [1.82, 2.24) is 4.90 Å². The summed E-state index contributed by atoms with van der Waals surface area (Å²) in [5, 5.41) is 0. The Labute approximate surface area is 144 Å². The fourth-order valence-electron chi connectivity index (χ4n) is 2.40. The zero-order valence-corrected chi connectivity index (χ0v) is 14.5. The van der Waals surface area contributed by atoms with Crippen molar-refractivity contribution in [2.75, 3.05) is 13.7 Å². The van der Waals surface area contributed by atoms with E-state index in [-0.39, 0.29) is 11.1 Å². The van der Waals surface area contributed by atoms with Crippen molar-refractivity contribution < 1.29 is 28.7 Å². The van der Waals surface area contributed by atoms with Crippen LogP contribution in [-0.4, -0.2) is 53.4 Å². The van der Waals surface area contributed by atoms with Crippen LogP contribution in [0.15, 0.2) is 24.3 Å². The molecule has 1 atom stereocenters. The number of carbonyl (C=O) groups excluding carboxylic acids is 4. The van der Waals surface area contributed by atoms with Crippen LogP contribution < -0.4 is 5.73 Å². The number of rotatable bonds is 4. The van der Waals surface area contributed by atoms with Gasteiger partial charge in [-0.3, -0.25) is 14.5 Å². The summed E-state index contributed by atoms with van der Waals surface area (Å²) in [6.07, 6.45) is 0. The maximum absolute atomic E-state index is 12.5. The summed E-state index contributed by atoms with van der Waals surface area (Å²) in [5.41, 5.74) is 3.07. The molecule has 1 heterocycles. The van der Waals surface area contributed by atoms with Crippen LogP contribution in [0.25, 0.3) is 0 Å². The summed E-state index contributed by atoms with van der Waals surface area (Å²) in [4.78, 5) is 50.2. The van der Waals surface area contributed by atoms with Crippen molar-refractivity contribution in [1.29, 1.82) is 0 Å². The van der Waals surface area contributed by atoms with Gasteiger partial charge in [0.1, 0.15) is 5.60 Å². The SMILES string of the molecule is COC(=O)C(N)(CN1C(=O)c2ccccc2C1=O)C(=O)OC(C)(C)C. The molecular formula is C17H20N2O6. The largest absolute Gasteiger partial charge is 0.467 e. The fourth-order valence-corrected chi connectivity index (χ4v) is 2.40. The molecule has 1 aromatic carbocycles. The molecule has 134 valence electrons.